The monoisotopic (exact) mass is 369 g/mol. The largest absolute Gasteiger partial charge is 0.444 e. The van der Waals surface area contributed by atoms with E-state index in [4.69, 9.17) is 4.74 Å². The van der Waals surface area contributed by atoms with Crippen LogP contribution >= 0.6 is 15.9 Å². The van der Waals surface area contributed by atoms with E-state index < -0.39 is 5.60 Å². The molecule has 0 unspecified atom stereocenters. The van der Waals surface area contributed by atoms with Crippen molar-refractivity contribution in [1.29, 1.82) is 0 Å². The van der Waals surface area contributed by atoms with E-state index in [0.29, 0.717) is 0 Å². The van der Waals surface area contributed by atoms with Crippen LogP contribution in [-0.4, -0.2) is 28.8 Å². The molecule has 122 valence electrons. The van der Waals surface area contributed by atoms with Crippen LogP contribution in [0, 0.1) is 6.92 Å². The van der Waals surface area contributed by atoms with Crippen LogP contribution in [0.4, 0.5) is 10.6 Å². The number of carbonyl (C=O) groups excluding carboxylic acids is 1. The lowest BCUT2D eigenvalue weighted by Crippen LogP contribution is -2.45. The summed E-state index contributed by atoms with van der Waals surface area (Å²) in [5.41, 5.74) is 0.625. The Labute approximate surface area is 140 Å². The Hall–Kier alpha value is -1.30. The van der Waals surface area contributed by atoms with Crippen LogP contribution in [0.3, 0.4) is 0 Å². The van der Waals surface area contributed by atoms with Crippen molar-refractivity contribution >= 4 is 27.8 Å². The van der Waals surface area contributed by atoms with Gasteiger partial charge in [0.1, 0.15) is 11.4 Å². The van der Waals surface area contributed by atoms with Gasteiger partial charge in [-0.2, -0.15) is 0 Å². The van der Waals surface area contributed by atoms with E-state index in [1.807, 2.05) is 40.0 Å². The van der Waals surface area contributed by atoms with E-state index in [0.717, 1.165) is 35.1 Å². The van der Waals surface area contributed by atoms with E-state index in [-0.39, 0.29) is 18.2 Å². The average Bonchev–Trinajstić information content (AvgIpc) is 2.77. The predicted molar refractivity (Wildman–Crippen MR) is 91.1 cm³/mol. The van der Waals surface area contributed by atoms with Gasteiger partial charge in [-0.25, -0.2) is 9.78 Å². The fraction of sp³-hybridized carbons (Fsp3) is 0.625. The van der Waals surface area contributed by atoms with Crippen molar-refractivity contribution < 1.29 is 9.53 Å². The van der Waals surface area contributed by atoms with Crippen molar-refractivity contribution in [1.82, 2.24) is 10.3 Å². The maximum atomic E-state index is 11.9. The second-order valence-corrected chi connectivity index (χ2v) is 7.63. The zero-order chi connectivity index (χ0) is 16.3. The standard InChI is InChI=1S/C16H24BrN3O2/c1-10-8-11(17)14(18-9-10)19-12-6-5-7-13(12)20-15(21)22-16(2,3)4/h8-9,12-13H,5-7H2,1-4H3,(H,18,19)(H,20,21)/t12-,13-/m0/s1. The number of pyridine rings is 1. The van der Waals surface area contributed by atoms with Gasteiger partial charge in [0.05, 0.1) is 10.5 Å². The summed E-state index contributed by atoms with van der Waals surface area (Å²) in [6.45, 7) is 7.60. The molecule has 2 atom stereocenters. The first-order valence-electron chi connectivity index (χ1n) is 7.63. The third-order valence-corrected chi connectivity index (χ3v) is 4.12. The normalized spacial score (nSPS) is 21.5. The molecule has 0 bridgehead atoms. The minimum Gasteiger partial charge on any atom is -0.444 e. The van der Waals surface area contributed by atoms with E-state index in [9.17, 15) is 4.79 Å². The highest BCUT2D eigenvalue weighted by Crippen LogP contribution is 2.27. The molecular formula is C16H24BrN3O2. The number of aryl methyl sites for hydroxylation is 1. The Balaban J connectivity index is 1.97. The summed E-state index contributed by atoms with van der Waals surface area (Å²) in [6, 6.07) is 2.25. The van der Waals surface area contributed by atoms with Crippen molar-refractivity contribution in [2.24, 2.45) is 0 Å². The van der Waals surface area contributed by atoms with E-state index in [1.54, 1.807) is 0 Å². The summed E-state index contributed by atoms with van der Waals surface area (Å²) in [6.07, 6.45) is 4.49. The van der Waals surface area contributed by atoms with Crippen molar-refractivity contribution in [2.45, 2.75) is 64.6 Å². The Morgan fingerprint density at radius 3 is 2.68 bits per heavy atom. The van der Waals surface area contributed by atoms with Crippen LogP contribution in [0.15, 0.2) is 16.7 Å². The van der Waals surface area contributed by atoms with Crippen LogP contribution in [0.2, 0.25) is 0 Å². The summed E-state index contributed by atoms with van der Waals surface area (Å²) in [5, 5.41) is 6.40. The fourth-order valence-electron chi connectivity index (χ4n) is 2.58. The summed E-state index contributed by atoms with van der Waals surface area (Å²) >= 11 is 3.53. The Morgan fingerprint density at radius 2 is 2.05 bits per heavy atom. The summed E-state index contributed by atoms with van der Waals surface area (Å²) in [4.78, 5) is 16.4. The third-order valence-electron chi connectivity index (χ3n) is 3.52. The smallest absolute Gasteiger partial charge is 0.407 e. The maximum Gasteiger partial charge on any atom is 0.407 e. The predicted octanol–water partition coefficient (Wildman–Crippen LogP) is 4.01. The number of aromatic nitrogens is 1. The average molecular weight is 370 g/mol. The van der Waals surface area contributed by atoms with Gasteiger partial charge < -0.3 is 15.4 Å². The molecule has 1 aromatic heterocycles. The van der Waals surface area contributed by atoms with Gasteiger partial charge in [0.25, 0.3) is 0 Å². The SMILES string of the molecule is Cc1cnc(N[C@H]2CCC[C@@H]2NC(=O)OC(C)(C)C)c(Br)c1. The van der Waals surface area contributed by atoms with Crippen LogP contribution in [0.1, 0.15) is 45.6 Å². The molecule has 1 aliphatic rings. The molecule has 0 aromatic carbocycles. The number of alkyl carbamates (subject to hydrolysis) is 1. The molecule has 5 nitrogen and oxygen atoms in total. The minimum atomic E-state index is -0.479. The highest BCUT2D eigenvalue weighted by atomic mass is 79.9. The molecule has 2 N–H and O–H groups in total. The molecular weight excluding hydrogens is 346 g/mol. The molecule has 0 aliphatic heterocycles. The van der Waals surface area contributed by atoms with Gasteiger partial charge >= 0.3 is 6.09 Å². The number of carbonyl (C=O) groups is 1. The Morgan fingerprint density at radius 1 is 1.36 bits per heavy atom. The Bertz CT molecular complexity index is 543. The first kappa shape index (κ1) is 17.1. The number of rotatable bonds is 3. The van der Waals surface area contributed by atoms with Gasteiger partial charge in [-0.05, 0) is 74.5 Å². The number of hydrogen-bond donors (Lipinski definition) is 2. The molecule has 1 heterocycles. The third kappa shape index (κ3) is 4.87. The lowest BCUT2D eigenvalue weighted by molar-refractivity contribution is 0.0503. The summed E-state index contributed by atoms with van der Waals surface area (Å²) in [5.74, 6) is 0.813. The lowest BCUT2D eigenvalue weighted by Gasteiger charge is -2.25. The van der Waals surface area contributed by atoms with Crippen molar-refractivity contribution in [3.05, 3.63) is 22.3 Å². The molecule has 1 aliphatic carbocycles. The van der Waals surface area contributed by atoms with Crippen molar-refractivity contribution in [3.8, 4) is 0 Å². The van der Waals surface area contributed by atoms with Gasteiger partial charge in [0.15, 0.2) is 0 Å². The maximum absolute atomic E-state index is 11.9. The number of nitrogens with zero attached hydrogens (tertiary/aromatic N) is 1. The second-order valence-electron chi connectivity index (χ2n) is 6.78. The van der Waals surface area contributed by atoms with Gasteiger partial charge in [-0.15, -0.1) is 0 Å². The van der Waals surface area contributed by atoms with E-state index in [1.165, 1.54) is 0 Å². The number of hydrogen-bond acceptors (Lipinski definition) is 4. The summed E-state index contributed by atoms with van der Waals surface area (Å²) in [7, 11) is 0. The molecule has 0 spiro atoms. The van der Waals surface area contributed by atoms with Crippen LogP contribution in [0.5, 0.6) is 0 Å². The number of halogens is 1. The molecule has 0 radical (unpaired) electrons. The molecule has 1 amide bonds. The molecule has 0 saturated heterocycles. The first-order valence-corrected chi connectivity index (χ1v) is 8.42. The van der Waals surface area contributed by atoms with Crippen LogP contribution in [-0.2, 0) is 4.74 Å². The highest BCUT2D eigenvalue weighted by molar-refractivity contribution is 9.10. The molecule has 1 saturated carbocycles. The quantitative estimate of drug-likeness (QED) is 0.844. The first-order chi connectivity index (χ1) is 10.2. The van der Waals surface area contributed by atoms with Gasteiger partial charge in [-0.3, -0.25) is 0 Å². The van der Waals surface area contributed by atoms with E-state index >= 15 is 0 Å². The topological polar surface area (TPSA) is 63.2 Å². The highest BCUT2D eigenvalue weighted by Gasteiger charge is 2.30. The van der Waals surface area contributed by atoms with E-state index in [2.05, 4.69) is 31.5 Å². The molecule has 6 heteroatoms. The van der Waals surface area contributed by atoms with Crippen molar-refractivity contribution in [2.75, 3.05) is 5.32 Å². The van der Waals surface area contributed by atoms with Gasteiger partial charge in [0, 0.05) is 12.2 Å². The number of ether oxygens (including phenoxy) is 1. The van der Waals surface area contributed by atoms with Crippen LogP contribution in [0.25, 0.3) is 0 Å². The zero-order valence-corrected chi connectivity index (χ0v) is 15.2. The molecule has 2 rings (SSSR count). The second kappa shape index (κ2) is 6.86. The van der Waals surface area contributed by atoms with Gasteiger partial charge in [-0.1, -0.05) is 0 Å². The Kier molecular flexibility index (Phi) is 5.32. The number of amides is 1. The number of nitrogens with one attached hydrogen (secondary N) is 2. The number of anilines is 1. The molecule has 1 fully saturated rings. The molecule has 1 aromatic rings. The fourth-order valence-corrected chi connectivity index (χ4v) is 3.16. The summed E-state index contributed by atoms with van der Waals surface area (Å²) < 4.78 is 6.28. The van der Waals surface area contributed by atoms with Crippen LogP contribution < -0.4 is 10.6 Å². The lowest BCUT2D eigenvalue weighted by atomic mass is 10.1. The minimum absolute atomic E-state index is 0.0600. The zero-order valence-electron chi connectivity index (χ0n) is 13.6. The van der Waals surface area contributed by atoms with Gasteiger partial charge in [0.2, 0.25) is 0 Å². The molecule has 22 heavy (non-hydrogen) atoms. The van der Waals surface area contributed by atoms with Crippen molar-refractivity contribution in [3.63, 3.8) is 0 Å².